The quantitative estimate of drug-likeness (QED) is 0.274. The minimum atomic E-state index is 0.120. The van der Waals surface area contributed by atoms with E-state index in [1.165, 1.54) is 11.8 Å². The van der Waals surface area contributed by atoms with Gasteiger partial charge in [0.1, 0.15) is 0 Å². The Bertz CT molecular complexity index is 213. The summed E-state index contributed by atoms with van der Waals surface area (Å²) in [7, 11) is 0. The lowest BCUT2D eigenvalue weighted by atomic mass is 10.4. The third kappa shape index (κ3) is 3.14. The van der Waals surface area contributed by atoms with Crippen molar-refractivity contribution >= 4 is 22.8 Å². The molecule has 1 aliphatic heterocycles. The van der Waals surface area contributed by atoms with Crippen molar-refractivity contribution in [3.63, 3.8) is 0 Å². The van der Waals surface area contributed by atoms with Crippen LogP contribution in [0.4, 0.5) is 0 Å². The van der Waals surface area contributed by atoms with E-state index >= 15 is 0 Å². The monoisotopic (exact) mass is 202 g/mol. The molecule has 0 unspecified atom stereocenters. The maximum Gasteiger partial charge on any atom is 0.233 e. The van der Waals surface area contributed by atoms with Crippen LogP contribution in [0.1, 0.15) is 12.8 Å². The second-order valence-corrected chi connectivity index (χ2v) is 3.84. The first-order chi connectivity index (χ1) is 6.24. The zero-order chi connectivity index (χ0) is 9.68. The van der Waals surface area contributed by atoms with E-state index in [1.54, 1.807) is 0 Å². The lowest BCUT2D eigenvalue weighted by Crippen LogP contribution is -2.30. The van der Waals surface area contributed by atoms with Gasteiger partial charge < -0.3 is 16.5 Å². The number of hydrogen-bond acceptors (Lipinski definition) is 4. The van der Waals surface area contributed by atoms with E-state index in [1.807, 2.05) is 4.90 Å². The van der Waals surface area contributed by atoms with E-state index in [0.717, 1.165) is 25.9 Å². The van der Waals surface area contributed by atoms with Gasteiger partial charge in [0.2, 0.25) is 5.91 Å². The Morgan fingerprint density at radius 2 is 2.08 bits per heavy atom. The zero-order valence-electron chi connectivity index (χ0n) is 7.40. The van der Waals surface area contributed by atoms with Gasteiger partial charge in [-0.2, -0.15) is 5.10 Å². The van der Waals surface area contributed by atoms with Crippen LogP contribution in [0, 0.1) is 0 Å². The van der Waals surface area contributed by atoms with E-state index in [-0.39, 0.29) is 11.1 Å². The third-order valence-electron chi connectivity index (χ3n) is 1.93. The largest absolute Gasteiger partial charge is 0.377 e. The number of hydrazone groups is 1. The summed E-state index contributed by atoms with van der Waals surface area (Å²) in [5, 5.41) is 3.53. The number of hydrogen-bond donors (Lipinski definition) is 2. The number of amidine groups is 1. The van der Waals surface area contributed by atoms with E-state index in [2.05, 4.69) is 5.10 Å². The molecule has 1 rings (SSSR count). The van der Waals surface area contributed by atoms with Crippen molar-refractivity contribution in [2.45, 2.75) is 12.8 Å². The number of nitrogens with two attached hydrogens (primary N) is 2. The fourth-order valence-corrected chi connectivity index (χ4v) is 1.76. The summed E-state index contributed by atoms with van der Waals surface area (Å²) in [6.07, 6.45) is 2.22. The van der Waals surface area contributed by atoms with Crippen molar-refractivity contribution in [1.82, 2.24) is 4.90 Å². The predicted molar refractivity (Wildman–Crippen MR) is 54.1 cm³/mol. The van der Waals surface area contributed by atoms with Crippen LogP contribution in [0.2, 0.25) is 0 Å². The fraction of sp³-hybridized carbons (Fsp3) is 0.714. The number of carbonyl (C=O) groups is 1. The Hall–Kier alpha value is -0.910. The van der Waals surface area contributed by atoms with Crippen LogP contribution < -0.4 is 11.6 Å². The summed E-state index contributed by atoms with van der Waals surface area (Å²) < 4.78 is 0. The minimum absolute atomic E-state index is 0.120. The van der Waals surface area contributed by atoms with Gasteiger partial charge in [0.15, 0.2) is 5.17 Å². The molecule has 1 amide bonds. The van der Waals surface area contributed by atoms with Gasteiger partial charge >= 0.3 is 0 Å². The van der Waals surface area contributed by atoms with Crippen molar-refractivity contribution in [2.24, 2.45) is 16.7 Å². The van der Waals surface area contributed by atoms with Gasteiger partial charge in [-0.25, -0.2) is 0 Å². The third-order valence-corrected chi connectivity index (χ3v) is 2.72. The second-order valence-electron chi connectivity index (χ2n) is 2.84. The summed E-state index contributed by atoms with van der Waals surface area (Å²) >= 11 is 1.18. The number of amides is 1. The molecule has 1 saturated heterocycles. The molecule has 0 bridgehead atoms. The Morgan fingerprint density at radius 1 is 1.46 bits per heavy atom. The Balaban J connectivity index is 2.24. The molecule has 0 radical (unpaired) electrons. The first-order valence-corrected chi connectivity index (χ1v) is 5.16. The van der Waals surface area contributed by atoms with Gasteiger partial charge in [0.25, 0.3) is 0 Å². The number of rotatable bonds is 2. The van der Waals surface area contributed by atoms with Crippen LogP contribution in [0.3, 0.4) is 0 Å². The van der Waals surface area contributed by atoms with E-state index in [4.69, 9.17) is 11.6 Å². The van der Waals surface area contributed by atoms with Crippen molar-refractivity contribution in [3.05, 3.63) is 0 Å². The van der Waals surface area contributed by atoms with Gasteiger partial charge in [0.05, 0.1) is 5.75 Å². The predicted octanol–water partition coefficient (Wildman–Crippen LogP) is -0.470. The van der Waals surface area contributed by atoms with Crippen LogP contribution in [-0.2, 0) is 4.79 Å². The Labute approximate surface area is 81.5 Å². The molecule has 0 spiro atoms. The molecular weight excluding hydrogens is 188 g/mol. The average molecular weight is 202 g/mol. The lowest BCUT2D eigenvalue weighted by Gasteiger charge is -2.14. The highest BCUT2D eigenvalue weighted by atomic mass is 32.2. The van der Waals surface area contributed by atoms with Gasteiger partial charge in [-0.1, -0.05) is 11.8 Å². The Kier molecular flexibility index (Phi) is 3.88. The van der Waals surface area contributed by atoms with E-state index in [9.17, 15) is 4.79 Å². The number of nitrogens with zero attached hydrogens (tertiary/aromatic N) is 2. The van der Waals surface area contributed by atoms with Crippen LogP contribution in [0.5, 0.6) is 0 Å². The molecule has 1 heterocycles. The van der Waals surface area contributed by atoms with Crippen LogP contribution in [0.15, 0.2) is 5.10 Å². The van der Waals surface area contributed by atoms with Crippen LogP contribution >= 0.6 is 11.8 Å². The molecule has 6 heteroatoms. The topological polar surface area (TPSA) is 84.7 Å². The SMILES string of the molecule is NN=C(N)SCC(=O)N1CCCC1. The molecule has 74 valence electrons. The van der Waals surface area contributed by atoms with Gasteiger partial charge in [0, 0.05) is 13.1 Å². The highest BCUT2D eigenvalue weighted by Gasteiger charge is 2.17. The maximum absolute atomic E-state index is 11.4. The molecule has 0 atom stereocenters. The fourth-order valence-electron chi connectivity index (χ4n) is 1.23. The molecule has 4 N–H and O–H groups in total. The van der Waals surface area contributed by atoms with Crippen LogP contribution in [0.25, 0.3) is 0 Å². The summed E-state index contributed by atoms with van der Waals surface area (Å²) in [6.45, 7) is 1.75. The van der Waals surface area contributed by atoms with E-state index in [0.29, 0.717) is 5.75 Å². The number of likely N-dealkylation sites (tertiary alicyclic amines) is 1. The molecule has 0 saturated carbocycles. The lowest BCUT2D eigenvalue weighted by molar-refractivity contribution is -0.127. The molecular formula is C7H14N4OS. The number of thioether (sulfide) groups is 1. The molecule has 0 aromatic rings. The molecule has 0 aliphatic carbocycles. The standard InChI is InChI=1S/C7H14N4OS/c8-7(10-9)13-5-6(12)11-3-1-2-4-11/h1-5,9H2,(H2,8,10). The highest BCUT2D eigenvalue weighted by molar-refractivity contribution is 8.14. The summed E-state index contributed by atoms with van der Waals surface area (Å²) in [5.41, 5.74) is 5.34. The Morgan fingerprint density at radius 3 is 2.62 bits per heavy atom. The van der Waals surface area contributed by atoms with Gasteiger partial charge in [-0.05, 0) is 12.8 Å². The van der Waals surface area contributed by atoms with Gasteiger partial charge in [-0.3, -0.25) is 4.79 Å². The highest BCUT2D eigenvalue weighted by Crippen LogP contribution is 2.10. The molecule has 5 nitrogen and oxygen atoms in total. The van der Waals surface area contributed by atoms with Crippen molar-refractivity contribution < 1.29 is 4.79 Å². The van der Waals surface area contributed by atoms with Crippen molar-refractivity contribution in [3.8, 4) is 0 Å². The maximum atomic E-state index is 11.4. The molecule has 0 aromatic carbocycles. The summed E-state index contributed by atoms with van der Waals surface area (Å²) in [5.74, 6) is 5.39. The summed E-state index contributed by atoms with van der Waals surface area (Å²) in [6, 6.07) is 0. The smallest absolute Gasteiger partial charge is 0.233 e. The van der Waals surface area contributed by atoms with Crippen molar-refractivity contribution in [1.29, 1.82) is 0 Å². The molecule has 13 heavy (non-hydrogen) atoms. The molecule has 1 fully saturated rings. The van der Waals surface area contributed by atoms with E-state index < -0.39 is 0 Å². The normalized spacial score (nSPS) is 17.8. The van der Waals surface area contributed by atoms with Crippen LogP contribution in [-0.4, -0.2) is 34.8 Å². The average Bonchev–Trinajstić information content (AvgIpc) is 2.66. The zero-order valence-corrected chi connectivity index (χ0v) is 8.22. The summed E-state index contributed by atoms with van der Waals surface area (Å²) in [4.78, 5) is 13.3. The molecule has 1 aliphatic rings. The minimum Gasteiger partial charge on any atom is -0.377 e. The molecule has 0 aromatic heterocycles. The second kappa shape index (κ2) is 4.96. The first kappa shape index (κ1) is 10.2. The van der Waals surface area contributed by atoms with Gasteiger partial charge in [-0.15, -0.1) is 0 Å². The number of carbonyl (C=O) groups excluding carboxylic acids is 1. The first-order valence-electron chi connectivity index (χ1n) is 4.18. The van der Waals surface area contributed by atoms with Crippen molar-refractivity contribution in [2.75, 3.05) is 18.8 Å².